The first-order chi connectivity index (χ1) is 12.7. The van der Waals surface area contributed by atoms with E-state index in [4.69, 9.17) is 0 Å². The number of fused-ring (bicyclic) bond motifs is 1. The zero-order valence-corrected chi connectivity index (χ0v) is 14.7. The number of nitrogens with zero attached hydrogens (tertiary/aromatic N) is 5. The number of aliphatic carboxylic acids is 1. The van der Waals surface area contributed by atoms with E-state index in [1.165, 1.54) is 5.56 Å². The molecule has 1 N–H and O–H groups in total. The van der Waals surface area contributed by atoms with Crippen LogP contribution in [0.2, 0.25) is 0 Å². The van der Waals surface area contributed by atoms with Crippen LogP contribution in [0.5, 0.6) is 0 Å². The van der Waals surface area contributed by atoms with Crippen LogP contribution in [0.1, 0.15) is 18.4 Å². The lowest BCUT2D eigenvalue weighted by molar-refractivity contribution is -0.150. The van der Waals surface area contributed by atoms with E-state index < -0.39 is 11.4 Å². The number of aromatic nitrogens is 3. The van der Waals surface area contributed by atoms with Crippen molar-refractivity contribution in [1.82, 2.24) is 19.9 Å². The van der Waals surface area contributed by atoms with Crippen molar-refractivity contribution in [2.75, 3.05) is 31.1 Å². The van der Waals surface area contributed by atoms with Gasteiger partial charge in [0.05, 0.1) is 5.41 Å². The largest absolute Gasteiger partial charge is 0.481 e. The number of hydrogen-bond acceptors (Lipinski definition) is 6. The van der Waals surface area contributed by atoms with Gasteiger partial charge in [0.25, 0.3) is 0 Å². The topological polar surface area (TPSA) is 82.5 Å². The Labute approximate surface area is 152 Å². The maximum Gasteiger partial charge on any atom is 0.311 e. The van der Waals surface area contributed by atoms with E-state index >= 15 is 0 Å². The maximum atomic E-state index is 12.3. The minimum absolute atomic E-state index is 0.0631. The van der Waals surface area contributed by atoms with Crippen molar-refractivity contribution in [3.05, 3.63) is 48.5 Å². The van der Waals surface area contributed by atoms with Gasteiger partial charge in [-0.1, -0.05) is 0 Å². The van der Waals surface area contributed by atoms with Crippen LogP contribution >= 0.6 is 0 Å². The van der Waals surface area contributed by atoms with Gasteiger partial charge >= 0.3 is 5.97 Å². The number of hydrogen-bond donors (Lipinski definition) is 1. The second-order valence-electron chi connectivity index (χ2n) is 7.28. The van der Waals surface area contributed by atoms with Gasteiger partial charge in [-0.2, -0.15) is 0 Å². The molecule has 136 valence electrons. The van der Waals surface area contributed by atoms with Gasteiger partial charge in [0.15, 0.2) is 0 Å². The van der Waals surface area contributed by atoms with E-state index in [1.54, 1.807) is 30.9 Å². The summed E-state index contributed by atoms with van der Waals surface area (Å²) in [5.74, 6) is 0.00159. The van der Waals surface area contributed by atoms with Crippen LogP contribution in [0.15, 0.2) is 43.0 Å². The molecule has 0 bridgehead atoms. The molecule has 0 aliphatic carbocycles. The van der Waals surface area contributed by atoms with Gasteiger partial charge < -0.3 is 10.0 Å². The van der Waals surface area contributed by atoms with Crippen LogP contribution in [0, 0.1) is 11.3 Å². The predicted molar refractivity (Wildman–Crippen MR) is 96.6 cm³/mol. The third-order valence-electron chi connectivity index (χ3n) is 5.69. The molecule has 2 aromatic rings. The minimum Gasteiger partial charge on any atom is -0.481 e. The van der Waals surface area contributed by atoms with Crippen LogP contribution in [-0.2, 0) is 11.3 Å². The van der Waals surface area contributed by atoms with Crippen molar-refractivity contribution >= 4 is 11.9 Å². The Bertz CT molecular complexity index is 757. The van der Waals surface area contributed by atoms with Crippen LogP contribution in [0.3, 0.4) is 0 Å². The summed E-state index contributed by atoms with van der Waals surface area (Å²) >= 11 is 0. The van der Waals surface area contributed by atoms with Crippen LogP contribution < -0.4 is 4.90 Å². The lowest BCUT2D eigenvalue weighted by atomic mass is 9.75. The number of carbonyl (C=O) groups is 1. The zero-order valence-electron chi connectivity index (χ0n) is 14.7. The fraction of sp³-hybridized carbons (Fsp3) is 0.474. The molecule has 7 nitrogen and oxygen atoms in total. The van der Waals surface area contributed by atoms with Crippen LogP contribution in [-0.4, -0.2) is 57.1 Å². The summed E-state index contributed by atoms with van der Waals surface area (Å²) in [6.45, 7) is 3.70. The third-order valence-corrected chi connectivity index (χ3v) is 5.69. The molecule has 26 heavy (non-hydrogen) atoms. The molecule has 2 aliphatic rings. The molecule has 2 fully saturated rings. The Morgan fingerprint density at radius 3 is 2.69 bits per heavy atom. The monoisotopic (exact) mass is 353 g/mol. The summed E-state index contributed by atoms with van der Waals surface area (Å²) < 4.78 is 0. The molecule has 0 saturated carbocycles. The summed E-state index contributed by atoms with van der Waals surface area (Å²) in [5.41, 5.74) is 0.496. The van der Waals surface area contributed by atoms with E-state index in [2.05, 4.69) is 19.9 Å². The van der Waals surface area contributed by atoms with E-state index in [1.807, 2.05) is 17.0 Å². The predicted octanol–water partition coefficient (Wildman–Crippen LogP) is 1.67. The lowest BCUT2D eigenvalue weighted by Crippen LogP contribution is -2.41. The van der Waals surface area contributed by atoms with Crippen molar-refractivity contribution in [2.24, 2.45) is 11.3 Å². The van der Waals surface area contributed by atoms with Gasteiger partial charge in [0.2, 0.25) is 5.95 Å². The minimum atomic E-state index is -0.716. The average molecular weight is 353 g/mol. The quantitative estimate of drug-likeness (QED) is 0.895. The molecule has 2 aromatic heterocycles. The Balaban J connectivity index is 1.56. The Morgan fingerprint density at radius 2 is 1.96 bits per heavy atom. The van der Waals surface area contributed by atoms with Crippen LogP contribution in [0.25, 0.3) is 0 Å². The number of rotatable bonds is 4. The first-order valence-corrected chi connectivity index (χ1v) is 9.04. The number of carboxylic acids is 1. The van der Waals surface area contributed by atoms with Gasteiger partial charge in [-0.3, -0.25) is 14.7 Å². The summed E-state index contributed by atoms with van der Waals surface area (Å²) in [5, 5.41) is 10.1. The summed E-state index contributed by atoms with van der Waals surface area (Å²) in [7, 11) is 0. The Kier molecular flexibility index (Phi) is 4.55. The highest BCUT2D eigenvalue weighted by atomic mass is 16.4. The molecule has 7 heteroatoms. The van der Waals surface area contributed by atoms with Gasteiger partial charge in [-0.25, -0.2) is 9.97 Å². The molecule has 0 radical (unpaired) electrons. The molecule has 4 rings (SSSR count). The highest BCUT2D eigenvalue weighted by Gasteiger charge is 2.53. The molecule has 2 aliphatic heterocycles. The highest BCUT2D eigenvalue weighted by molar-refractivity contribution is 5.77. The van der Waals surface area contributed by atoms with Gasteiger partial charge in [0.1, 0.15) is 0 Å². The summed E-state index contributed by atoms with van der Waals surface area (Å²) in [4.78, 5) is 29.4. The molecule has 2 atom stereocenters. The second-order valence-corrected chi connectivity index (χ2v) is 7.28. The molecular weight excluding hydrogens is 330 g/mol. The van der Waals surface area contributed by atoms with Crippen molar-refractivity contribution < 1.29 is 9.90 Å². The number of likely N-dealkylation sites (tertiary alicyclic amines) is 1. The van der Waals surface area contributed by atoms with E-state index in [9.17, 15) is 9.90 Å². The molecule has 2 saturated heterocycles. The fourth-order valence-electron chi connectivity index (χ4n) is 4.36. The first-order valence-electron chi connectivity index (χ1n) is 9.04. The zero-order chi connectivity index (χ0) is 18.0. The SMILES string of the molecule is O=C(O)[C@]12CCCN(Cc3ccncc3)C[C@H]1CN(c1ncccn1)C2. The Morgan fingerprint density at radius 1 is 1.19 bits per heavy atom. The average Bonchev–Trinajstić information content (AvgIpc) is 2.94. The molecule has 0 spiro atoms. The van der Waals surface area contributed by atoms with Crippen molar-refractivity contribution in [1.29, 1.82) is 0 Å². The first kappa shape index (κ1) is 16.9. The van der Waals surface area contributed by atoms with E-state index in [0.29, 0.717) is 25.5 Å². The molecule has 0 aromatic carbocycles. The molecule has 4 heterocycles. The third kappa shape index (κ3) is 3.14. The van der Waals surface area contributed by atoms with E-state index in [-0.39, 0.29) is 5.92 Å². The van der Waals surface area contributed by atoms with E-state index in [0.717, 1.165) is 26.1 Å². The smallest absolute Gasteiger partial charge is 0.311 e. The van der Waals surface area contributed by atoms with Gasteiger partial charge in [0, 0.05) is 56.9 Å². The normalized spacial score (nSPS) is 26.3. The fourth-order valence-corrected chi connectivity index (χ4v) is 4.36. The summed E-state index contributed by atoms with van der Waals surface area (Å²) in [6.07, 6.45) is 8.61. The van der Waals surface area contributed by atoms with Crippen LogP contribution in [0.4, 0.5) is 5.95 Å². The highest BCUT2D eigenvalue weighted by Crippen LogP contribution is 2.43. The van der Waals surface area contributed by atoms with Gasteiger partial charge in [-0.05, 0) is 43.1 Å². The van der Waals surface area contributed by atoms with Crippen molar-refractivity contribution in [2.45, 2.75) is 19.4 Å². The van der Waals surface area contributed by atoms with Gasteiger partial charge in [-0.15, -0.1) is 0 Å². The maximum absolute atomic E-state index is 12.3. The molecule has 0 amide bonds. The van der Waals surface area contributed by atoms with Crippen molar-refractivity contribution in [3.8, 4) is 0 Å². The summed E-state index contributed by atoms with van der Waals surface area (Å²) in [6, 6.07) is 5.82. The standard InChI is InChI=1S/C19H23N5O2/c25-17(26)19-5-1-10-23(11-15-3-8-20-9-4-15)12-16(19)13-24(14-19)18-21-6-2-7-22-18/h2-4,6-9,16H,1,5,10-14H2,(H,25,26)/t16-,19-/m0/s1. The molecule has 0 unspecified atom stereocenters. The van der Waals surface area contributed by atoms with Crippen molar-refractivity contribution in [3.63, 3.8) is 0 Å². The second kappa shape index (κ2) is 6.99. The Hall–Kier alpha value is -2.54. The lowest BCUT2D eigenvalue weighted by Gasteiger charge is -2.29. The molecular formula is C19H23N5O2. The number of anilines is 1. The number of carboxylic acid groups (broad SMARTS) is 1. The number of pyridine rings is 1.